The largest absolute Gasteiger partial charge is 0.497 e. The van der Waals surface area contributed by atoms with Gasteiger partial charge in [-0.05, 0) is 50.2 Å². The van der Waals surface area contributed by atoms with Gasteiger partial charge in [-0.3, -0.25) is 9.89 Å². The second kappa shape index (κ2) is 12.8. The second-order valence-electron chi connectivity index (χ2n) is 8.91. The topological polar surface area (TPSA) is 58.6 Å². The Kier molecular flexibility index (Phi) is 10.2. The van der Waals surface area contributed by atoms with Crippen molar-refractivity contribution in [3.63, 3.8) is 0 Å². The fraction of sp³-hybridized carbons (Fsp3) is 0.708. The molecule has 0 spiro atoms. The Balaban J connectivity index is 0.00000289. The van der Waals surface area contributed by atoms with Gasteiger partial charge in [-0.15, -0.1) is 24.0 Å². The number of morpholine rings is 1. The van der Waals surface area contributed by atoms with Crippen molar-refractivity contribution in [1.82, 2.24) is 15.1 Å². The number of methoxy groups -OCH3 is 1. The van der Waals surface area contributed by atoms with Crippen LogP contribution in [0.1, 0.15) is 37.7 Å². The summed E-state index contributed by atoms with van der Waals surface area (Å²) in [6, 6.07) is 6.14. The molecular formula is C24H39IN4O3. The van der Waals surface area contributed by atoms with Crippen LogP contribution in [0.2, 0.25) is 0 Å². The molecule has 0 bridgehead atoms. The molecule has 180 valence electrons. The van der Waals surface area contributed by atoms with E-state index < -0.39 is 0 Å². The monoisotopic (exact) mass is 558 g/mol. The van der Waals surface area contributed by atoms with Crippen molar-refractivity contribution in [2.24, 2.45) is 10.9 Å². The lowest BCUT2D eigenvalue weighted by molar-refractivity contribution is 0.0315. The van der Waals surface area contributed by atoms with E-state index in [0.29, 0.717) is 18.6 Å². The molecule has 0 amide bonds. The third-order valence-electron chi connectivity index (χ3n) is 6.72. The molecule has 1 aromatic rings. The van der Waals surface area contributed by atoms with Gasteiger partial charge in [0.1, 0.15) is 11.5 Å². The van der Waals surface area contributed by atoms with E-state index in [-0.39, 0.29) is 24.0 Å². The predicted octanol–water partition coefficient (Wildman–Crippen LogP) is 3.36. The number of nitrogens with zero attached hydrogens (tertiary/aromatic N) is 3. The fourth-order valence-electron chi connectivity index (χ4n) is 4.93. The Morgan fingerprint density at radius 2 is 1.94 bits per heavy atom. The lowest BCUT2D eigenvalue weighted by Crippen LogP contribution is -2.42. The van der Waals surface area contributed by atoms with Crippen molar-refractivity contribution >= 4 is 29.9 Å². The highest BCUT2D eigenvalue weighted by Gasteiger charge is 2.27. The minimum atomic E-state index is 0. The molecule has 2 heterocycles. The van der Waals surface area contributed by atoms with Gasteiger partial charge in [0.05, 0.1) is 26.4 Å². The van der Waals surface area contributed by atoms with Crippen molar-refractivity contribution in [2.45, 2.75) is 44.8 Å². The Morgan fingerprint density at radius 1 is 1.16 bits per heavy atom. The number of aliphatic imine (C=N–C) groups is 1. The molecule has 0 radical (unpaired) electrons. The zero-order valence-electron chi connectivity index (χ0n) is 19.6. The molecule has 8 heteroatoms. The Labute approximate surface area is 209 Å². The molecular weight excluding hydrogens is 519 g/mol. The summed E-state index contributed by atoms with van der Waals surface area (Å²) in [5.41, 5.74) is 1.15. The maximum absolute atomic E-state index is 6.35. The zero-order chi connectivity index (χ0) is 21.5. The van der Waals surface area contributed by atoms with Gasteiger partial charge in [0.15, 0.2) is 5.96 Å². The van der Waals surface area contributed by atoms with E-state index in [4.69, 9.17) is 14.2 Å². The van der Waals surface area contributed by atoms with E-state index in [1.807, 2.05) is 19.2 Å². The van der Waals surface area contributed by atoms with Crippen LogP contribution >= 0.6 is 24.0 Å². The van der Waals surface area contributed by atoms with Gasteiger partial charge in [-0.25, -0.2) is 0 Å². The molecule has 3 aliphatic rings. The number of rotatable bonds is 7. The van der Waals surface area contributed by atoms with Gasteiger partial charge < -0.3 is 24.4 Å². The molecule has 32 heavy (non-hydrogen) atoms. The van der Waals surface area contributed by atoms with Crippen LogP contribution in [0, 0.1) is 5.92 Å². The summed E-state index contributed by atoms with van der Waals surface area (Å²) < 4.78 is 17.3. The first-order chi connectivity index (χ1) is 15.2. The number of hydrogen-bond acceptors (Lipinski definition) is 5. The van der Waals surface area contributed by atoms with Crippen molar-refractivity contribution in [3.05, 3.63) is 23.8 Å². The molecule has 1 atom stereocenters. The van der Waals surface area contributed by atoms with Crippen molar-refractivity contribution < 1.29 is 14.2 Å². The van der Waals surface area contributed by atoms with Crippen molar-refractivity contribution in [3.8, 4) is 11.5 Å². The predicted molar refractivity (Wildman–Crippen MR) is 138 cm³/mol. The Bertz CT molecular complexity index is 736. The molecule has 1 unspecified atom stereocenters. The lowest BCUT2D eigenvalue weighted by atomic mass is 10.1. The van der Waals surface area contributed by atoms with Crippen LogP contribution < -0.4 is 14.8 Å². The number of benzene rings is 1. The Hall–Kier alpha value is -1.26. The smallest absolute Gasteiger partial charge is 0.193 e. The Morgan fingerprint density at radius 3 is 2.66 bits per heavy atom. The maximum atomic E-state index is 6.35. The average Bonchev–Trinajstić information content (AvgIpc) is 3.48. The molecule has 3 fully saturated rings. The van der Waals surface area contributed by atoms with Crippen LogP contribution in [0.4, 0.5) is 0 Å². The zero-order valence-corrected chi connectivity index (χ0v) is 21.9. The minimum Gasteiger partial charge on any atom is -0.497 e. The summed E-state index contributed by atoms with van der Waals surface area (Å²) in [5.74, 6) is 3.44. The molecule has 2 aliphatic heterocycles. The summed E-state index contributed by atoms with van der Waals surface area (Å²) in [5, 5.41) is 3.58. The highest BCUT2D eigenvalue weighted by molar-refractivity contribution is 14.0. The summed E-state index contributed by atoms with van der Waals surface area (Å²) in [6.45, 7) is 7.83. The van der Waals surface area contributed by atoms with Crippen LogP contribution in [0.15, 0.2) is 23.2 Å². The number of halogens is 1. The fourth-order valence-corrected chi connectivity index (χ4v) is 4.93. The van der Waals surface area contributed by atoms with E-state index >= 15 is 0 Å². The van der Waals surface area contributed by atoms with Crippen molar-refractivity contribution in [2.75, 3.05) is 60.1 Å². The number of hydrogen-bond donors (Lipinski definition) is 1. The minimum absolute atomic E-state index is 0. The van der Waals surface area contributed by atoms with Crippen LogP contribution in [0.25, 0.3) is 0 Å². The van der Waals surface area contributed by atoms with E-state index in [2.05, 4.69) is 26.2 Å². The first kappa shape index (κ1) is 25.4. The summed E-state index contributed by atoms with van der Waals surface area (Å²) >= 11 is 0. The van der Waals surface area contributed by atoms with E-state index in [0.717, 1.165) is 81.8 Å². The highest BCUT2D eigenvalue weighted by Crippen LogP contribution is 2.30. The van der Waals surface area contributed by atoms with Gasteiger partial charge in [0.2, 0.25) is 0 Å². The molecule has 1 aromatic carbocycles. The van der Waals surface area contributed by atoms with E-state index in [1.54, 1.807) is 7.11 Å². The number of nitrogens with one attached hydrogen (secondary N) is 1. The number of ether oxygens (including phenoxy) is 3. The van der Waals surface area contributed by atoms with E-state index in [1.165, 1.54) is 19.3 Å². The number of likely N-dealkylation sites (tertiary alicyclic amines) is 1. The van der Waals surface area contributed by atoms with Crippen molar-refractivity contribution in [1.29, 1.82) is 0 Å². The maximum Gasteiger partial charge on any atom is 0.193 e. The lowest BCUT2D eigenvalue weighted by Gasteiger charge is -2.29. The molecule has 1 N–H and O–H groups in total. The van der Waals surface area contributed by atoms with Gasteiger partial charge in [-0.2, -0.15) is 0 Å². The van der Waals surface area contributed by atoms with Gasteiger partial charge in [0.25, 0.3) is 0 Å². The highest BCUT2D eigenvalue weighted by atomic mass is 127. The van der Waals surface area contributed by atoms with Crippen LogP contribution in [-0.4, -0.2) is 82.0 Å². The summed E-state index contributed by atoms with van der Waals surface area (Å²) in [4.78, 5) is 9.50. The summed E-state index contributed by atoms with van der Waals surface area (Å²) in [7, 11) is 3.58. The quantitative estimate of drug-likeness (QED) is 0.315. The van der Waals surface area contributed by atoms with Gasteiger partial charge in [0, 0.05) is 57.9 Å². The molecule has 0 aromatic heterocycles. The third-order valence-corrected chi connectivity index (χ3v) is 6.72. The number of guanidine groups is 1. The second-order valence-corrected chi connectivity index (χ2v) is 8.91. The normalized spacial score (nSPS) is 22.6. The summed E-state index contributed by atoms with van der Waals surface area (Å²) in [6.07, 6.45) is 6.35. The SMILES string of the molecule is CN=C(NCc1ccc(OC)cc1OC1CCCC1)N1CCC(CN2CCOCC2)C1.I. The molecule has 7 nitrogen and oxygen atoms in total. The van der Waals surface area contributed by atoms with Gasteiger partial charge >= 0.3 is 0 Å². The first-order valence-corrected chi connectivity index (χ1v) is 11.8. The first-order valence-electron chi connectivity index (χ1n) is 11.8. The molecule has 1 saturated carbocycles. The van der Waals surface area contributed by atoms with Crippen LogP contribution in [0.3, 0.4) is 0 Å². The average molecular weight is 559 g/mol. The third kappa shape index (κ3) is 6.87. The van der Waals surface area contributed by atoms with E-state index in [9.17, 15) is 0 Å². The molecule has 2 saturated heterocycles. The molecule has 4 rings (SSSR count). The van der Waals surface area contributed by atoms with Crippen LogP contribution in [0.5, 0.6) is 11.5 Å². The van der Waals surface area contributed by atoms with Crippen LogP contribution in [-0.2, 0) is 11.3 Å². The van der Waals surface area contributed by atoms with Gasteiger partial charge in [-0.1, -0.05) is 0 Å². The molecule has 1 aliphatic carbocycles. The standard InChI is InChI=1S/C24H38N4O3.HI/c1-25-24(28-10-9-19(18-28)17-27-11-13-30-14-12-27)26-16-20-7-8-22(29-2)15-23(20)31-21-5-3-4-6-21;/h7-8,15,19,21H,3-6,9-14,16-18H2,1-2H3,(H,25,26);1H.